The van der Waals surface area contributed by atoms with Crippen molar-refractivity contribution in [3.63, 3.8) is 0 Å². The molecule has 0 saturated carbocycles. The van der Waals surface area contributed by atoms with Crippen molar-refractivity contribution in [3.8, 4) is 0 Å². The van der Waals surface area contributed by atoms with Gasteiger partial charge in [-0.3, -0.25) is 0 Å². The van der Waals surface area contributed by atoms with Crippen LogP contribution in [0.2, 0.25) is 10.0 Å². The van der Waals surface area contributed by atoms with E-state index in [4.69, 9.17) is 23.2 Å². The molecule has 0 aliphatic rings. The van der Waals surface area contributed by atoms with Crippen LogP contribution in [0.5, 0.6) is 0 Å². The smallest absolute Gasteiger partial charge is 0.159 e. The minimum absolute atomic E-state index is 0.353. The van der Waals surface area contributed by atoms with E-state index in [1.54, 1.807) is 6.07 Å². The normalized spacial score (nSPS) is 10.7. The van der Waals surface area contributed by atoms with Crippen molar-refractivity contribution >= 4 is 40.8 Å². The molecular formula is C13H10Cl2F2N2S. The highest BCUT2D eigenvalue weighted by molar-refractivity contribution is 7.99. The van der Waals surface area contributed by atoms with Gasteiger partial charge in [0.2, 0.25) is 0 Å². The van der Waals surface area contributed by atoms with Crippen LogP contribution in [0.4, 0.5) is 14.6 Å². The number of halogens is 4. The van der Waals surface area contributed by atoms with Crippen molar-refractivity contribution in [1.29, 1.82) is 0 Å². The van der Waals surface area contributed by atoms with Crippen molar-refractivity contribution in [2.24, 2.45) is 0 Å². The fraction of sp³-hybridized carbons (Fsp3) is 0.154. The van der Waals surface area contributed by atoms with Gasteiger partial charge in [-0.2, -0.15) is 0 Å². The zero-order valence-electron chi connectivity index (χ0n) is 10.4. The summed E-state index contributed by atoms with van der Waals surface area (Å²) in [5.74, 6) is -1.30. The Morgan fingerprint density at radius 1 is 1.15 bits per heavy atom. The number of anilines is 1. The molecule has 7 heteroatoms. The van der Waals surface area contributed by atoms with Crippen molar-refractivity contribution in [3.05, 3.63) is 45.9 Å². The Balaban J connectivity index is 2.32. The van der Waals surface area contributed by atoms with Gasteiger partial charge in [0, 0.05) is 11.4 Å². The van der Waals surface area contributed by atoms with Crippen LogP contribution in [0, 0.1) is 11.6 Å². The molecule has 0 aliphatic heterocycles. The van der Waals surface area contributed by atoms with Gasteiger partial charge in [0.25, 0.3) is 0 Å². The van der Waals surface area contributed by atoms with E-state index in [9.17, 15) is 8.78 Å². The number of aromatic nitrogens is 1. The predicted octanol–water partition coefficient (Wildman–Crippen LogP) is 5.25. The van der Waals surface area contributed by atoms with Gasteiger partial charge in [0.05, 0.1) is 10.0 Å². The van der Waals surface area contributed by atoms with E-state index in [1.165, 1.54) is 6.07 Å². The highest BCUT2D eigenvalue weighted by Crippen LogP contribution is 2.36. The maximum Gasteiger partial charge on any atom is 0.159 e. The van der Waals surface area contributed by atoms with E-state index >= 15 is 0 Å². The van der Waals surface area contributed by atoms with Crippen LogP contribution in [0.15, 0.2) is 34.2 Å². The van der Waals surface area contributed by atoms with Gasteiger partial charge in [-0.25, -0.2) is 13.8 Å². The summed E-state index contributed by atoms with van der Waals surface area (Å²) in [5, 5.41) is 4.23. The van der Waals surface area contributed by atoms with Gasteiger partial charge in [-0.05, 0) is 31.2 Å². The fourth-order valence-corrected chi connectivity index (χ4v) is 2.82. The second-order valence-corrected chi connectivity index (χ2v) is 5.69. The summed E-state index contributed by atoms with van der Waals surface area (Å²) >= 11 is 13.2. The van der Waals surface area contributed by atoms with Gasteiger partial charge in [0.1, 0.15) is 10.8 Å². The molecule has 1 aromatic carbocycles. The first-order valence-electron chi connectivity index (χ1n) is 5.74. The van der Waals surface area contributed by atoms with E-state index in [-0.39, 0.29) is 0 Å². The molecule has 2 rings (SSSR count). The molecule has 0 unspecified atom stereocenters. The zero-order valence-corrected chi connectivity index (χ0v) is 12.7. The summed E-state index contributed by atoms with van der Waals surface area (Å²) in [6.45, 7) is 2.57. The third kappa shape index (κ3) is 3.53. The molecule has 0 aliphatic carbocycles. The van der Waals surface area contributed by atoms with Crippen LogP contribution < -0.4 is 5.32 Å². The summed E-state index contributed by atoms with van der Waals surface area (Å²) < 4.78 is 26.1. The number of pyridine rings is 1. The molecule has 2 nitrogen and oxygen atoms in total. The van der Waals surface area contributed by atoms with Crippen LogP contribution >= 0.6 is 35.0 Å². The van der Waals surface area contributed by atoms with Gasteiger partial charge in [-0.1, -0.05) is 35.0 Å². The standard InChI is InChI=1S/C13H10Cl2F2N2S/c1-2-18-12-8(14)6-9(15)13(19-12)20-7-3-4-10(16)11(17)5-7/h3-6H,2H2,1H3,(H,18,19). The lowest BCUT2D eigenvalue weighted by molar-refractivity contribution is 0.506. The number of rotatable bonds is 4. The lowest BCUT2D eigenvalue weighted by atomic mass is 10.3. The second-order valence-electron chi connectivity index (χ2n) is 3.81. The summed E-state index contributed by atoms with van der Waals surface area (Å²) in [6, 6.07) is 5.19. The third-order valence-corrected chi connectivity index (χ3v) is 4.03. The van der Waals surface area contributed by atoms with Crippen molar-refractivity contribution < 1.29 is 8.78 Å². The first-order valence-corrected chi connectivity index (χ1v) is 7.31. The van der Waals surface area contributed by atoms with Gasteiger partial charge in [0.15, 0.2) is 11.6 Å². The summed E-state index contributed by atoms with van der Waals surface area (Å²) in [6.07, 6.45) is 0. The van der Waals surface area contributed by atoms with Crippen LogP contribution in [0.3, 0.4) is 0 Å². The fourth-order valence-electron chi connectivity index (χ4n) is 1.46. The number of nitrogens with one attached hydrogen (secondary N) is 1. The van der Waals surface area contributed by atoms with E-state index in [0.29, 0.717) is 32.3 Å². The Morgan fingerprint density at radius 3 is 2.55 bits per heavy atom. The maximum absolute atomic E-state index is 13.2. The van der Waals surface area contributed by atoms with Crippen molar-refractivity contribution in [2.45, 2.75) is 16.8 Å². The van der Waals surface area contributed by atoms with Crippen molar-refractivity contribution in [1.82, 2.24) is 4.98 Å². The van der Waals surface area contributed by atoms with Crippen molar-refractivity contribution in [2.75, 3.05) is 11.9 Å². The van der Waals surface area contributed by atoms with Gasteiger partial charge in [-0.15, -0.1) is 0 Å². The molecule has 1 heterocycles. The van der Waals surface area contributed by atoms with Crippen LogP contribution in [-0.2, 0) is 0 Å². The Kier molecular flexibility index (Phi) is 5.07. The predicted molar refractivity (Wildman–Crippen MR) is 78.9 cm³/mol. The molecule has 0 saturated heterocycles. The molecular weight excluding hydrogens is 325 g/mol. The van der Waals surface area contributed by atoms with E-state index in [1.807, 2.05) is 6.92 Å². The Bertz CT molecular complexity index is 638. The van der Waals surface area contributed by atoms with Crippen LogP contribution in [0.1, 0.15) is 6.92 Å². The van der Waals surface area contributed by atoms with Crippen LogP contribution in [-0.4, -0.2) is 11.5 Å². The molecule has 0 atom stereocenters. The minimum atomic E-state index is -0.910. The lowest BCUT2D eigenvalue weighted by Crippen LogP contribution is -2.01. The van der Waals surface area contributed by atoms with Crippen LogP contribution in [0.25, 0.3) is 0 Å². The van der Waals surface area contributed by atoms with Gasteiger partial charge < -0.3 is 5.32 Å². The summed E-state index contributed by atoms with van der Waals surface area (Å²) in [4.78, 5) is 4.78. The topological polar surface area (TPSA) is 24.9 Å². The molecule has 1 aromatic heterocycles. The second kappa shape index (κ2) is 6.61. The monoisotopic (exact) mass is 334 g/mol. The SMILES string of the molecule is CCNc1nc(Sc2ccc(F)c(F)c2)c(Cl)cc1Cl. The minimum Gasteiger partial charge on any atom is -0.369 e. The Labute approximate surface area is 129 Å². The highest BCUT2D eigenvalue weighted by atomic mass is 35.5. The molecule has 20 heavy (non-hydrogen) atoms. The molecule has 0 bridgehead atoms. The molecule has 2 aromatic rings. The molecule has 0 radical (unpaired) electrons. The maximum atomic E-state index is 13.2. The number of hydrogen-bond donors (Lipinski definition) is 1. The first-order chi connectivity index (χ1) is 9.51. The van der Waals surface area contributed by atoms with E-state index in [0.717, 1.165) is 23.9 Å². The Morgan fingerprint density at radius 2 is 1.90 bits per heavy atom. The zero-order chi connectivity index (χ0) is 14.7. The first kappa shape index (κ1) is 15.4. The van der Waals surface area contributed by atoms with E-state index in [2.05, 4.69) is 10.3 Å². The largest absolute Gasteiger partial charge is 0.369 e. The molecule has 0 amide bonds. The molecule has 1 N–H and O–H groups in total. The average Bonchev–Trinajstić information content (AvgIpc) is 2.39. The quantitative estimate of drug-likeness (QED) is 0.826. The third-order valence-electron chi connectivity index (χ3n) is 2.35. The molecule has 0 fully saturated rings. The summed E-state index contributed by atoms with van der Waals surface area (Å²) in [7, 11) is 0. The Hall–Kier alpha value is -1.04. The number of nitrogens with zero attached hydrogens (tertiary/aromatic N) is 1. The number of benzene rings is 1. The van der Waals surface area contributed by atoms with Gasteiger partial charge >= 0.3 is 0 Å². The molecule has 0 spiro atoms. The molecule has 106 valence electrons. The lowest BCUT2D eigenvalue weighted by Gasteiger charge is -2.09. The summed E-state index contributed by atoms with van der Waals surface area (Å²) in [5.41, 5.74) is 0. The average molecular weight is 335 g/mol. The number of hydrogen-bond acceptors (Lipinski definition) is 3. The highest BCUT2D eigenvalue weighted by Gasteiger charge is 2.11. The van der Waals surface area contributed by atoms with E-state index < -0.39 is 11.6 Å².